The summed E-state index contributed by atoms with van der Waals surface area (Å²) in [5.74, 6) is -1.05. The van der Waals surface area contributed by atoms with E-state index < -0.39 is 23.5 Å². The summed E-state index contributed by atoms with van der Waals surface area (Å²) >= 11 is 0. The van der Waals surface area contributed by atoms with Gasteiger partial charge in [0, 0.05) is 34.5 Å². The first kappa shape index (κ1) is 23.7. The maximum atomic E-state index is 14.8. The fourth-order valence-corrected chi connectivity index (χ4v) is 5.03. The van der Waals surface area contributed by atoms with Gasteiger partial charge < -0.3 is 14.6 Å². The van der Waals surface area contributed by atoms with Crippen molar-refractivity contribution in [2.45, 2.75) is 45.8 Å². The van der Waals surface area contributed by atoms with E-state index in [0.29, 0.717) is 50.9 Å². The lowest BCUT2D eigenvalue weighted by atomic mass is 9.84. The molecule has 3 aromatic carbocycles. The Morgan fingerprint density at radius 3 is 2.69 bits per heavy atom. The lowest BCUT2D eigenvalue weighted by molar-refractivity contribution is -0.160. The van der Waals surface area contributed by atoms with Gasteiger partial charge in [0.1, 0.15) is 11.6 Å². The van der Waals surface area contributed by atoms with Gasteiger partial charge in [-0.3, -0.25) is 4.98 Å². The Kier molecular flexibility index (Phi) is 5.65. The maximum Gasteiger partial charge on any atom is 0.337 e. The molecule has 0 aliphatic carbocycles. The molecule has 182 valence electrons. The molecule has 7 heteroatoms. The third-order valence-electron chi connectivity index (χ3n) is 6.39. The summed E-state index contributed by atoms with van der Waals surface area (Å²) in [5, 5.41) is 21.8. The van der Waals surface area contributed by atoms with Crippen molar-refractivity contribution in [3.8, 4) is 22.9 Å². The van der Waals surface area contributed by atoms with E-state index in [2.05, 4.69) is 11.1 Å². The molecule has 5 rings (SSSR count). The van der Waals surface area contributed by atoms with Crippen LogP contribution in [0.15, 0.2) is 42.6 Å². The van der Waals surface area contributed by atoms with Crippen molar-refractivity contribution in [1.82, 2.24) is 4.98 Å². The number of hydrogen-bond donors (Lipinski definition) is 1. The number of nitriles is 1. The second-order valence-electron chi connectivity index (χ2n) is 9.99. The molecule has 4 aromatic rings. The first-order valence-corrected chi connectivity index (χ1v) is 11.7. The molecule has 1 atom stereocenters. The third kappa shape index (κ3) is 3.94. The number of carboxylic acid groups (broad SMARTS) is 1. The molecule has 0 radical (unpaired) electrons. The highest BCUT2D eigenvalue weighted by atomic mass is 19.1. The first-order valence-electron chi connectivity index (χ1n) is 11.7. The minimum absolute atomic E-state index is 0.170. The van der Waals surface area contributed by atoms with Crippen LogP contribution in [-0.2, 0) is 16.0 Å². The molecule has 6 nitrogen and oxygen atoms in total. The standard InChI is InChI=1S/C29H25FN2O4/c1-15-11-20-17(14-31)12-18(30)13-21(20)25(23(15)27(28(33)34)36-29(2,3)4)19-5-6-22-24-16(8-10-35-22)7-9-32-26(19)24/h5-7,9,11-13,27H,8,10H2,1-4H3,(H,33,34)/t27-/m0/s1. The molecule has 36 heavy (non-hydrogen) atoms. The van der Waals surface area contributed by atoms with Crippen molar-refractivity contribution in [3.05, 3.63) is 70.7 Å². The number of pyridine rings is 1. The van der Waals surface area contributed by atoms with E-state index in [1.54, 1.807) is 40.0 Å². The number of aliphatic carboxylic acids is 1. The third-order valence-corrected chi connectivity index (χ3v) is 6.39. The van der Waals surface area contributed by atoms with Crippen LogP contribution in [0.4, 0.5) is 4.39 Å². The van der Waals surface area contributed by atoms with Gasteiger partial charge in [0.25, 0.3) is 0 Å². The molecule has 2 heterocycles. The van der Waals surface area contributed by atoms with Crippen molar-refractivity contribution in [1.29, 1.82) is 5.26 Å². The number of aromatic nitrogens is 1. The molecular weight excluding hydrogens is 459 g/mol. The van der Waals surface area contributed by atoms with Gasteiger partial charge in [0.15, 0.2) is 6.10 Å². The van der Waals surface area contributed by atoms with Crippen LogP contribution in [0.2, 0.25) is 0 Å². The van der Waals surface area contributed by atoms with Crippen LogP contribution in [0.5, 0.6) is 5.75 Å². The van der Waals surface area contributed by atoms with Crippen molar-refractivity contribution in [2.24, 2.45) is 0 Å². The van der Waals surface area contributed by atoms with Gasteiger partial charge in [-0.2, -0.15) is 5.26 Å². The number of nitrogens with zero attached hydrogens (tertiary/aromatic N) is 2. The van der Waals surface area contributed by atoms with Crippen LogP contribution in [0.25, 0.3) is 32.8 Å². The second-order valence-corrected chi connectivity index (χ2v) is 9.99. The Morgan fingerprint density at radius 2 is 2.00 bits per heavy atom. The lowest BCUT2D eigenvalue weighted by Crippen LogP contribution is -2.28. The van der Waals surface area contributed by atoms with Crippen LogP contribution < -0.4 is 4.74 Å². The smallest absolute Gasteiger partial charge is 0.337 e. The van der Waals surface area contributed by atoms with Crippen LogP contribution in [0.1, 0.15) is 49.1 Å². The van der Waals surface area contributed by atoms with E-state index in [9.17, 15) is 19.6 Å². The Labute approximate surface area is 207 Å². The van der Waals surface area contributed by atoms with Crippen LogP contribution in [-0.4, -0.2) is 28.3 Å². The topological polar surface area (TPSA) is 92.4 Å². The molecular formula is C29H25FN2O4. The van der Waals surface area contributed by atoms with E-state index >= 15 is 0 Å². The summed E-state index contributed by atoms with van der Waals surface area (Å²) in [7, 11) is 0. The molecule has 0 saturated heterocycles. The average Bonchev–Trinajstić information content (AvgIpc) is 2.82. The Hall–Kier alpha value is -4.02. The summed E-state index contributed by atoms with van der Waals surface area (Å²) in [5.41, 5.74) is 3.23. The predicted octanol–water partition coefficient (Wildman–Crippen LogP) is 6.25. The molecule has 0 bridgehead atoms. The van der Waals surface area contributed by atoms with E-state index in [1.165, 1.54) is 12.1 Å². The molecule has 0 amide bonds. The minimum atomic E-state index is -1.33. The zero-order valence-corrected chi connectivity index (χ0v) is 20.5. The lowest BCUT2D eigenvalue weighted by Gasteiger charge is -2.29. The number of ether oxygens (including phenoxy) is 2. The van der Waals surface area contributed by atoms with Crippen molar-refractivity contribution in [3.63, 3.8) is 0 Å². The van der Waals surface area contributed by atoms with Gasteiger partial charge >= 0.3 is 5.97 Å². The number of rotatable bonds is 4. The van der Waals surface area contributed by atoms with E-state index in [0.717, 1.165) is 17.4 Å². The largest absolute Gasteiger partial charge is 0.493 e. The van der Waals surface area contributed by atoms with Crippen molar-refractivity contribution in [2.75, 3.05) is 6.61 Å². The van der Waals surface area contributed by atoms with Crippen molar-refractivity contribution < 1.29 is 23.8 Å². The van der Waals surface area contributed by atoms with E-state index in [-0.39, 0.29) is 5.56 Å². The highest BCUT2D eigenvalue weighted by Gasteiger charge is 2.33. The zero-order valence-electron chi connectivity index (χ0n) is 20.5. The van der Waals surface area contributed by atoms with Crippen molar-refractivity contribution >= 4 is 27.6 Å². The molecule has 0 spiro atoms. The molecule has 1 aliphatic rings. The average molecular weight is 485 g/mol. The van der Waals surface area contributed by atoms with E-state index in [4.69, 9.17) is 9.47 Å². The number of halogens is 1. The van der Waals surface area contributed by atoms with Gasteiger partial charge in [0.2, 0.25) is 0 Å². The number of carbonyl (C=O) groups is 1. The Balaban J connectivity index is 1.97. The number of aryl methyl sites for hydroxylation is 1. The normalized spacial score (nSPS) is 13.9. The number of benzene rings is 3. The molecule has 0 saturated carbocycles. The fraction of sp³-hybridized carbons (Fsp3) is 0.276. The number of hydrogen-bond acceptors (Lipinski definition) is 5. The highest BCUT2D eigenvalue weighted by Crippen LogP contribution is 2.45. The summed E-state index contributed by atoms with van der Waals surface area (Å²) in [6.45, 7) is 7.70. The number of fused-ring (bicyclic) bond motifs is 1. The Morgan fingerprint density at radius 1 is 1.22 bits per heavy atom. The molecule has 1 N–H and O–H groups in total. The van der Waals surface area contributed by atoms with E-state index in [1.807, 2.05) is 18.2 Å². The predicted molar refractivity (Wildman–Crippen MR) is 135 cm³/mol. The monoisotopic (exact) mass is 484 g/mol. The fourth-order valence-electron chi connectivity index (χ4n) is 5.03. The Bertz CT molecular complexity index is 1590. The quantitative estimate of drug-likeness (QED) is 0.368. The van der Waals surface area contributed by atoms with Gasteiger partial charge in [-0.1, -0.05) is 0 Å². The van der Waals surface area contributed by atoms with Gasteiger partial charge in [-0.15, -0.1) is 0 Å². The van der Waals surface area contributed by atoms with Crippen LogP contribution in [0, 0.1) is 24.1 Å². The minimum Gasteiger partial charge on any atom is -0.493 e. The van der Waals surface area contributed by atoms with Crippen LogP contribution in [0.3, 0.4) is 0 Å². The maximum absolute atomic E-state index is 14.8. The van der Waals surface area contributed by atoms with Gasteiger partial charge in [-0.05, 0) is 86.2 Å². The molecule has 1 aliphatic heterocycles. The molecule has 1 aromatic heterocycles. The highest BCUT2D eigenvalue weighted by molar-refractivity contribution is 6.09. The second kappa shape index (κ2) is 8.58. The summed E-state index contributed by atoms with van der Waals surface area (Å²) in [4.78, 5) is 17.2. The first-order chi connectivity index (χ1) is 17.1. The summed E-state index contributed by atoms with van der Waals surface area (Å²) in [6.07, 6.45) is 1.10. The van der Waals surface area contributed by atoms with Gasteiger partial charge in [-0.25, -0.2) is 9.18 Å². The molecule has 0 fully saturated rings. The zero-order chi connectivity index (χ0) is 25.8. The number of carboxylic acids is 1. The van der Waals surface area contributed by atoms with Crippen LogP contribution >= 0.6 is 0 Å². The summed E-state index contributed by atoms with van der Waals surface area (Å²) < 4.78 is 26.7. The SMILES string of the molecule is Cc1cc2c(C#N)cc(F)cc2c(-c2ccc3c4c(ccnc24)CCO3)c1[C@H](OC(C)(C)C)C(=O)O. The molecule has 0 unspecified atom stereocenters. The summed E-state index contributed by atoms with van der Waals surface area (Å²) in [6, 6.07) is 12.0. The van der Waals surface area contributed by atoms with Gasteiger partial charge in [0.05, 0.1) is 29.4 Å².